The monoisotopic (exact) mass is 200 g/mol. The van der Waals surface area contributed by atoms with Gasteiger partial charge in [0.15, 0.2) is 0 Å². The van der Waals surface area contributed by atoms with Crippen LogP contribution >= 0.6 is 0 Å². The van der Waals surface area contributed by atoms with Gasteiger partial charge < -0.3 is 0 Å². The van der Waals surface area contributed by atoms with Crippen molar-refractivity contribution in [3.05, 3.63) is 40.8 Å². The smallest absolute Gasteiger partial charge is 0.190 e. The number of rotatable bonds is 2. The molecule has 0 aliphatic rings. The Morgan fingerprint density at radius 2 is 1.92 bits per heavy atom. The second-order valence-electron chi connectivity index (χ2n) is 2.63. The Labute approximate surface area is 76.9 Å². The van der Waals surface area contributed by atoms with Gasteiger partial charge in [-0.25, -0.2) is 0 Å². The normalized spacial score (nSPS) is 12.2. The van der Waals surface area contributed by atoms with Crippen LogP contribution in [0.2, 0.25) is 0 Å². The molecule has 0 saturated heterocycles. The van der Waals surface area contributed by atoms with E-state index in [1.54, 1.807) is 12.1 Å². The molecule has 70 valence electrons. The molecule has 0 aliphatic heterocycles. The summed E-state index contributed by atoms with van der Waals surface area (Å²) in [6, 6.07) is 7.13. The molecule has 0 N–H and O–H groups in total. The molecule has 0 saturated carbocycles. The molecule has 0 unspecified atom stereocenters. The van der Waals surface area contributed by atoms with Crippen LogP contribution in [-0.4, -0.2) is 8.42 Å². The topological polar surface area (TPSA) is 34.1 Å². The molecule has 1 aromatic carbocycles. The zero-order valence-corrected chi connectivity index (χ0v) is 7.88. The van der Waals surface area contributed by atoms with E-state index >= 15 is 0 Å². The molecular formula is C9H9FO2S. The molecule has 1 rings (SSSR count). The summed E-state index contributed by atoms with van der Waals surface area (Å²) in [7, 11) is -4.52. The molecule has 0 radical (unpaired) electrons. The summed E-state index contributed by atoms with van der Waals surface area (Å²) in [5.74, 6) is 0. The van der Waals surface area contributed by atoms with Gasteiger partial charge in [-0.15, -0.1) is 3.89 Å². The first kappa shape index (κ1) is 9.92. The lowest BCUT2D eigenvalue weighted by Crippen LogP contribution is -1.83. The van der Waals surface area contributed by atoms with E-state index in [2.05, 4.69) is 0 Å². The van der Waals surface area contributed by atoms with Gasteiger partial charge in [0.1, 0.15) is 0 Å². The maximum atomic E-state index is 12.1. The highest BCUT2D eigenvalue weighted by Gasteiger charge is 1.99. The van der Waals surface area contributed by atoms with E-state index in [1.807, 2.05) is 19.1 Å². The fourth-order valence-electron chi connectivity index (χ4n) is 0.928. The first-order chi connectivity index (χ1) is 5.99. The minimum absolute atomic E-state index is 0.551. The van der Waals surface area contributed by atoms with E-state index in [0.29, 0.717) is 11.0 Å². The number of halogens is 1. The molecule has 0 bridgehead atoms. The van der Waals surface area contributed by atoms with Crippen LogP contribution in [0.15, 0.2) is 29.7 Å². The summed E-state index contributed by atoms with van der Waals surface area (Å²) < 4.78 is 32.4. The molecule has 0 amide bonds. The van der Waals surface area contributed by atoms with Crippen LogP contribution in [0.5, 0.6) is 0 Å². The maximum absolute atomic E-state index is 12.1. The van der Waals surface area contributed by atoms with Gasteiger partial charge in [0, 0.05) is 0 Å². The number of hydrogen-bond donors (Lipinski definition) is 0. The van der Waals surface area contributed by atoms with Gasteiger partial charge in [-0.3, -0.25) is 0 Å². The molecular weight excluding hydrogens is 191 g/mol. The zero-order chi connectivity index (χ0) is 9.90. The lowest BCUT2D eigenvalue weighted by atomic mass is 10.1. The number of aryl methyl sites for hydroxylation is 1. The number of benzene rings is 1. The second-order valence-corrected chi connectivity index (χ2v) is 3.86. The van der Waals surface area contributed by atoms with Crippen LogP contribution in [0.25, 0.3) is 6.08 Å². The lowest BCUT2D eigenvalue weighted by molar-refractivity contribution is 0.563. The molecule has 0 aliphatic carbocycles. The van der Waals surface area contributed by atoms with Crippen LogP contribution in [0.3, 0.4) is 0 Å². The number of hydrogen-bond acceptors (Lipinski definition) is 2. The summed E-state index contributed by atoms with van der Waals surface area (Å²) in [6.45, 7) is 1.82. The highest BCUT2D eigenvalue weighted by Crippen LogP contribution is 2.10. The van der Waals surface area contributed by atoms with Crippen LogP contribution in [0, 0.1) is 6.92 Å². The van der Waals surface area contributed by atoms with Gasteiger partial charge in [0.2, 0.25) is 0 Å². The van der Waals surface area contributed by atoms with E-state index in [9.17, 15) is 12.3 Å². The first-order valence-corrected chi connectivity index (χ1v) is 5.12. The van der Waals surface area contributed by atoms with Gasteiger partial charge in [0.05, 0.1) is 5.41 Å². The molecule has 0 heterocycles. The van der Waals surface area contributed by atoms with Gasteiger partial charge in [0.25, 0.3) is 0 Å². The Kier molecular flexibility index (Phi) is 2.83. The Balaban J connectivity index is 3.00. The van der Waals surface area contributed by atoms with Gasteiger partial charge in [-0.05, 0) is 24.1 Å². The van der Waals surface area contributed by atoms with E-state index in [1.165, 1.54) is 6.08 Å². The average Bonchev–Trinajstić information content (AvgIpc) is 2.01. The van der Waals surface area contributed by atoms with Gasteiger partial charge in [-0.2, -0.15) is 8.42 Å². The summed E-state index contributed by atoms with van der Waals surface area (Å²) >= 11 is 0. The minimum Gasteiger partial charge on any atom is -0.190 e. The molecule has 0 spiro atoms. The minimum atomic E-state index is -4.52. The molecule has 0 fully saturated rings. The summed E-state index contributed by atoms with van der Waals surface area (Å²) in [4.78, 5) is 0. The van der Waals surface area contributed by atoms with E-state index in [4.69, 9.17) is 0 Å². The molecule has 0 aromatic heterocycles. The maximum Gasteiger partial charge on any atom is 0.325 e. The molecule has 13 heavy (non-hydrogen) atoms. The van der Waals surface area contributed by atoms with Crippen LogP contribution < -0.4 is 0 Å². The predicted octanol–water partition coefficient (Wildman–Crippen LogP) is 2.27. The Bertz CT molecular complexity index is 421. The molecule has 0 atom stereocenters. The summed E-state index contributed by atoms with van der Waals surface area (Å²) in [6.07, 6.45) is 1.24. The van der Waals surface area contributed by atoms with Crippen LogP contribution in [-0.2, 0) is 10.2 Å². The Hall–Kier alpha value is -1.16. The largest absolute Gasteiger partial charge is 0.325 e. The van der Waals surface area contributed by atoms with Crippen molar-refractivity contribution in [2.24, 2.45) is 0 Å². The SMILES string of the molecule is Cc1ccccc1C=CS(=O)(=O)F. The van der Waals surface area contributed by atoms with Crippen molar-refractivity contribution in [3.8, 4) is 0 Å². The third-order valence-electron chi connectivity index (χ3n) is 1.60. The molecule has 4 heteroatoms. The summed E-state index contributed by atoms with van der Waals surface area (Å²) in [5, 5.41) is 0.551. The third-order valence-corrected chi connectivity index (χ3v) is 2.06. The van der Waals surface area contributed by atoms with Crippen molar-refractivity contribution >= 4 is 16.3 Å². The Morgan fingerprint density at radius 3 is 2.46 bits per heavy atom. The van der Waals surface area contributed by atoms with Crippen LogP contribution in [0.1, 0.15) is 11.1 Å². The zero-order valence-electron chi connectivity index (χ0n) is 7.07. The molecule has 2 nitrogen and oxygen atoms in total. The van der Waals surface area contributed by atoms with Crippen LogP contribution in [0.4, 0.5) is 3.89 Å². The second kappa shape index (κ2) is 3.70. The standard InChI is InChI=1S/C9H9FO2S/c1-8-4-2-3-5-9(8)6-7-13(10,11)12/h2-7H,1H3. The highest BCUT2D eigenvalue weighted by molar-refractivity contribution is 7.89. The van der Waals surface area contributed by atoms with E-state index < -0.39 is 10.2 Å². The average molecular weight is 200 g/mol. The van der Waals surface area contributed by atoms with E-state index in [-0.39, 0.29) is 0 Å². The summed E-state index contributed by atoms with van der Waals surface area (Å²) in [5.41, 5.74) is 1.60. The van der Waals surface area contributed by atoms with Crippen molar-refractivity contribution in [2.75, 3.05) is 0 Å². The predicted molar refractivity (Wildman–Crippen MR) is 50.2 cm³/mol. The van der Waals surface area contributed by atoms with Crippen molar-refractivity contribution in [2.45, 2.75) is 6.92 Å². The van der Waals surface area contributed by atoms with Crippen molar-refractivity contribution < 1.29 is 12.3 Å². The van der Waals surface area contributed by atoms with Gasteiger partial charge >= 0.3 is 10.2 Å². The Morgan fingerprint density at radius 1 is 1.31 bits per heavy atom. The van der Waals surface area contributed by atoms with Gasteiger partial charge in [-0.1, -0.05) is 24.3 Å². The molecule has 1 aromatic rings. The van der Waals surface area contributed by atoms with E-state index in [0.717, 1.165) is 5.56 Å². The fourth-order valence-corrected chi connectivity index (χ4v) is 1.24. The third kappa shape index (κ3) is 3.38. The lowest BCUT2D eigenvalue weighted by Gasteiger charge is -1.96. The van der Waals surface area contributed by atoms with Crippen molar-refractivity contribution in [1.29, 1.82) is 0 Å². The fraction of sp³-hybridized carbons (Fsp3) is 0.111. The quantitative estimate of drug-likeness (QED) is 0.686. The highest BCUT2D eigenvalue weighted by atomic mass is 32.3. The van der Waals surface area contributed by atoms with Crippen molar-refractivity contribution in [3.63, 3.8) is 0 Å². The first-order valence-electron chi connectivity index (χ1n) is 3.67. The van der Waals surface area contributed by atoms with Crippen molar-refractivity contribution in [1.82, 2.24) is 0 Å².